The zero-order valence-corrected chi connectivity index (χ0v) is 13.0. The zero-order valence-electron chi connectivity index (χ0n) is 11.4. The van der Waals surface area contributed by atoms with Crippen LogP contribution in [0.15, 0.2) is 23.1 Å². The normalized spacial score (nSPS) is 20.3. The third-order valence-corrected chi connectivity index (χ3v) is 4.89. The van der Waals surface area contributed by atoms with E-state index in [4.69, 9.17) is 15.4 Å². The van der Waals surface area contributed by atoms with Crippen LogP contribution in [0.1, 0.15) is 20.3 Å². The van der Waals surface area contributed by atoms with E-state index in [1.54, 1.807) is 0 Å². The number of ether oxygens (including phenoxy) is 1. The van der Waals surface area contributed by atoms with Crippen molar-refractivity contribution in [2.75, 3.05) is 12.4 Å². The van der Waals surface area contributed by atoms with Gasteiger partial charge in [0, 0.05) is 16.6 Å². The third-order valence-electron chi connectivity index (χ3n) is 3.54. The van der Waals surface area contributed by atoms with Crippen LogP contribution in [0.3, 0.4) is 0 Å². The Hall–Kier alpha value is -1.27. The lowest BCUT2D eigenvalue weighted by atomic mass is 10.1. The Bertz CT molecular complexity index is 654. The molecule has 0 radical (unpaired) electrons. The van der Waals surface area contributed by atoms with Crippen molar-refractivity contribution in [3.8, 4) is 5.75 Å². The Morgan fingerprint density at radius 2 is 2.05 bits per heavy atom. The molecule has 2 rings (SSSR count). The molecule has 0 aliphatic heterocycles. The fourth-order valence-electron chi connectivity index (χ4n) is 2.07. The molecule has 0 spiro atoms. The highest BCUT2D eigenvalue weighted by atomic mass is 35.7. The Morgan fingerprint density at radius 3 is 2.50 bits per heavy atom. The molecule has 7 heteroatoms. The fraction of sp³-hybridized carbons (Fsp3) is 0.462. The third kappa shape index (κ3) is 3.07. The molecule has 1 atom stereocenters. The number of nitrogens with one attached hydrogen (secondary N) is 1. The molecular weight excluding hydrogens is 302 g/mol. The van der Waals surface area contributed by atoms with Gasteiger partial charge in [0.05, 0.1) is 17.7 Å². The second-order valence-corrected chi connectivity index (χ2v) is 8.10. The summed E-state index contributed by atoms with van der Waals surface area (Å²) in [4.78, 5) is 12.0. The van der Waals surface area contributed by atoms with Gasteiger partial charge in [-0.25, -0.2) is 8.42 Å². The molecule has 110 valence electrons. The van der Waals surface area contributed by atoms with Gasteiger partial charge in [0.25, 0.3) is 9.05 Å². The number of amides is 1. The van der Waals surface area contributed by atoms with E-state index in [0.29, 0.717) is 11.4 Å². The SMILES string of the molecule is COc1ccc(S(=O)(=O)Cl)cc1NC(=O)C1CC1(C)C. The molecule has 1 unspecified atom stereocenters. The molecule has 1 aliphatic carbocycles. The van der Waals surface area contributed by atoms with Gasteiger partial charge in [-0.15, -0.1) is 0 Å². The molecular formula is C13H16ClNO4S. The molecule has 1 aliphatic rings. The molecule has 1 saturated carbocycles. The first-order chi connectivity index (χ1) is 9.15. The van der Waals surface area contributed by atoms with E-state index in [2.05, 4.69) is 5.32 Å². The molecule has 1 aromatic carbocycles. The quantitative estimate of drug-likeness (QED) is 0.866. The largest absolute Gasteiger partial charge is 0.495 e. The van der Waals surface area contributed by atoms with Crippen molar-refractivity contribution in [3.63, 3.8) is 0 Å². The summed E-state index contributed by atoms with van der Waals surface area (Å²) in [6, 6.07) is 4.09. The van der Waals surface area contributed by atoms with Crippen molar-refractivity contribution < 1.29 is 17.9 Å². The maximum absolute atomic E-state index is 12.1. The Kier molecular flexibility index (Phi) is 3.73. The lowest BCUT2D eigenvalue weighted by molar-refractivity contribution is -0.118. The number of methoxy groups -OCH3 is 1. The molecule has 1 amide bonds. The molecule has 5 nitrogen and oxygen atoms in total. The molecule has 0 aromatic heterocycles. The lowest BCUT2D eigenvalue weighted by Crippen LogP contribution is -2.17. The van der Waals surface area contributed by atoms with Gasteiger partial charge < -0.3 is 10.1 Å². The van der Waals surface area contributed by atoms with Gasteiger partial charge in [-0.1, -0.05) is 13.8 Å². The fourth-order valence-corrected chi connectivity index (χ4v) is 2.85. The van der Waals surface area contributed by atoms with E-state index >= 15 is 0 Å². The van der Waals surface area contributed by atoms with Gasteiger partial charge in [-0.2, -0.15) is 0 Å². The minimum Gasteiger partial charge on any atom is -0.495 e. The van der Waals surface area contributed by atoms with E-state index in [9.17, 15) is 13.2 Å². The molecule has 20 heavy (non-hydrogen) atoms. The number of benzene rings is 1. The first-order valence-corrected chi connectivity index (χ1v) is 8.39. The number of carbonyl (C=O) groups excluding carboxylic acids is 1. The van der Waals surface area contributed by atoms with E-state index < -0.39 is 9.05 Å². The van der Waals surface area contributed by atoms with Crippen LogP contribution in [0, 0.1) is 11.3 Å². The Balaban J connectivity index is 2.28. The van der Waals surface area contributed by atoms with Crippen LogP contribution < -0.4 is 10.1 Å². The first-order valence-electron chi connectivity index (χ1n) is 6.09. The van der Waals surface area contributed by atoms with E-state index in [-0.39, 0.29) is 22.1 Å². The number of hydrogen-bond acceptors (Lipinski definition) is 4. The van der Waals surface area contributed by atoms with Crippen LogP contribution in [0.4, 0.5) is 5.69 Å². The summed E-state index contributed by atoms with van der Waals surface area (Å²) in [6.07, 6.45) is 0.814. The second-order valence-electron chi connectivity index (χ2n) is 5.53. The monoisotopic (exact) mass is 317 g/mol. The van der Waals surface area contributed by atoms with Crippen molar-refractivity contribution in [3.05, 3.63) is 18.2 Å². The van der Waals surface area contributed by atoms with Gasteiger partial charge >= 0.3 is 0 Å². The van der Waals surface area contributed by atoms with Gasteiger partial charge in [0.2, 0.25) is 5.91 Å². The van der Waals surface area contributed by atoms with Gasteiger partial charge in [0.15, 0.2) is 0 Å². The lowest BCUT2D eigenvalue weighted by Gasteiger charge is -2.12. The molecule has 1 fully saturated rings. The second kappa shape index (κ2) is 4.93. The average molecular weight is 318 g/mol. The molecule has 1 aromatic rings. The first kappa shape index (κ1) is 15.1. The highest BCUT2D eigenvalue weighted by Crippen LogP contribution is 2.52. The molecule has 1 N–H and O–H groups in total. The molecule has 0 saturated heterocycles. The predicted octanol–water partition coefficient (Wildman–Crippen LogP) is 2.61. The summed E-state index contributed by atoms with van der Waals surface area (Å²) >= 11 is 0. The van der Waals surface area contributed by atoms with Crippen molar-refractivity contribution in [1.82, 2.24) is 0 Å². The Labute approximate surface area is 122 Å². The van der Waals surface area contributed by atoms with Crippen molar-refractivity contribution in [2.24, 2.45) is 11.3 Å². The summed E-state index contributed by atoms with van der Waals surface area (Å²) in [5, 5.41) is 2.70. The number of hydrogen-bond donors (Lipinski definition) is 1. The van der Waals surface area contributed by atoms with E-state index in [0.717, 1.165) is 6.42 Å². The predicted molar refractivity (Wildman–Crippen MR) is 76.6 cm³/mol. The van der Waals surface area contributed by atoms with E-state index in [1.165, 1.54) is 25.3 Å². The number of carbonyl (C=O) groups is 1. The van der Waals surface area contributed by atoms with Crippen LogP contribution in [-0.2, 0) is 13.8 Å². The van der Waals surface area contributed by atoms with Crippen LogP contribution in [0.2, 0.25) is 0 Å². The summed E-state index contributed by atoms with van der Waals surface area (Å²) in [6.45, 7) is 4.02. The van der Waals surface area contributed by atoms with Crippen LogP contribution >= 0.6 is 10.7 Å². The molecule has 0 heterocycles. The summed E-state index contributed by atoms with van der Waals surface area (Å²) in [7, 11) is 2.90. The van der Waals surface area contributed by atoms with Gasteiger partial charge in [0.1, 0.15) is 5.75 Å². The van der Waals surface area contributed by atoms with Crippen LogP contribution in [0.25, 0.3) is 0 Å². The minimum atomic E-state index is -3.85. The smallest absolute Gasteiger partial charge is 0.261 e. The zero-order chi connectivity index (χ0) is 15.1. The van der Waals surface area contributed by atoms with Gasteiger partial charge in [-0.3, -0.25) is 4.79 Å². The average Bonchev–Trinajstić information content (AvgIpc) is 2.97. The summed E-state index contributed by atoms with van der Waals surface area (Å²) in [5.74, 6) is 0.182. The number of rotatable bonds is 4. The van der Waals surface area contributed by atoms with E-state index in [1.807, 2.05) is 13.8 Å². The van der Waals surface area contributed by atoms with Crippen molar-refractivity contribution >= 4 is 31.3 Å². The Morgan fingerprint density at radius 1 is 1.45 bits per heavy atom. The van der Waals surface area contributed by atoms with Gasteiger partial charge in [-0.05, 0) is 30.0 Å². The standard InChI is InChI=1S/C13H16ClNO4S/c1-13(2)7-9(13)12(16)15-10-6-8(20(14,17)18)4-5-11(10)19-3/h4-6,9H,7H2,1-3H3,(H,15,16). The van der Waals surface area contributed by atoms with Crippen LogP contribution in [-0.4, -0.2) is 21.4 Å². The minimum absolute atomic E-state index is 0.00646. The highest BCUT2D eigenvalue weighted by molar-refractivity contribution is 8.13. The van der Waals surface area contributed by atoms with Crippen molar-refractivity contribution in [2.45, 2.75) is 25.2 Å². The maximum atomic E-state index is 12.1. The summed E-state index contributed by atoms with van der Waals surface area (Å²) < 4.78 is 27.8. The summed E-state index contributed by atoms with van der Waals surface area (Å²) in [5.41, 5.74) is 0.301. The molecule has 0 bridgehead atoms. The maximum Gasteiger partial charge on any atom is 0.261 e. The highest BCUT2D eigenvalue weighted by Gasteiger charge is 2.50. The topological polar surface area (TPSA) is 72.5 Å². The van der Waals surface area contributed by atoms with Crippen molar-refractivity contribution in [1.29, 1.82) is 0 Å². The number of halogens is 1. The van der Waals surface area contributed by atoms with Crippen LogP contribution in [0.5, 0.6) is 5.75 Å². The number of anilines is 1.